The van der Waals surface area contributed by atoms with Crippen LogP contribution in [0.25, 0.3) is 0 Å². The van der Waals surface area contributed by atoms with Gasteiger partial charge in [0.15, 0.2) is 0 Å². The quantitative estimate of drug-likeness (QED) is 0.313. The lowest BCUT2D eigenvalue weighted by atomic mass is 9.56. The maximum absolute atomic E-state index is 13.8. The summed E-state index contributed by atoms with van der Waals surface area (Å²) in [6.45, 7) is 2.62. The number of fused-ring (bicyclic) bond motifs is 1. The Morgan fingerprint density at radius 2 is 1.61 bits per heavy atom. The van der Waals surface area contributed by atoms with E-state index < -0.39 is 25.7 Å². The highest BCUT2D eigenvalue weighted by atomic mass is 35.6. The number of rotatable bonds is 2. The van der Waals surface area contributed by atoms with E-state index in [9.17, 15) is 23.2 Å². The van der Waals surface area contributed by atoms with Gasteiger partial charge in [-0.25, -0.2) is 18.4 Å². The normalized spacial score (nSPS) is 23.8. The number of urea groups is 1. The number of likely N-dealkylation sites (tertiary alicyclic amines) is 2. The van der Waals surface area contributed by atoms with Gasteiger partial charge in [0, 0.05) is 37.2 Å². The highest BCUT2D eigenvalue weighted by Crippen LogP contribution is 2.53. The van der Waals surface area contributed by atoms with Crippen molar-refractivity contribution in [3.8, 4) is 0 Å². The standard InChI is InChI=1S/C21H25F2N3O3.C3Cl6O3/c22-15-2-1-3-16(23)14(15)6-13-7-21(8-13)11-26(12-21)20(28)25-5-4-18-17(9-25)24-19(27)10-29-18;4-2(5,6)11-1(10)12-3(7,8)9/h1-3,13,17-18H,4-12H2,(H,24,27);/t17-,18+;/m1./s1. The van der Waals surface area contributed by atoms with Crippen LogP contribution in [0.2, 0.25) is 0 Å². The lowest BCUT2D eigenvalue weighted by Gasteiger charge is -2.60. The van der Waals surface area contributed by atoms with Crippen LogP contribution in [0.5, 0.6) is 0 Å². The lowest BCUT2D eigenvalue weighted by Crippen LogP contribution is -2.68. The van der Waals surface area contributed by atoms with Crippen molar-refractivity contribution < 1.29 is 37.4 Å². The number of halogens is 8. The van der Waals surface area contributed by atoms with Crippen molar-refractivity contribution in [3.05, 3.63) is 35.4 Å². The molecule has 1 saturated carbocycles. The Hall–Kier alpha value is -1.21. The van der Waals surface area contributed by atoms with Gasteiger partial charge in [0.05, 0.1) is 12.1 Å². The van der Waals surface area contributed by atoms with Gasteiger partial charge in [-0.1, -0.05) is 6.07 Å². The van der Waals surface area contributed by atoms with Crippen molar-refractivity contribution in [2.75, 3.05) is 32.8 Å². The Balaban J connectivity index is 0.000000275. The molecule has 4 fully saturated rings. The average molecular weight is 702 g/mol. The van der Waals surface area contributed by atoms with Gasteiger partial charge in [-0.3, -0.25) is 4.79 Å². The van der Waals surface area contributed by atoms with Crippen LogP contribution in [-0.2, 0) is 25.4 Å². The fraction of sp³-hybridized carbons (Fsp3) is 0.625. The number of hydrogen-bond acceptors (Lipinski definition) is 6. The van der Waals surface area contributed by atoms with Gasteiger partial charge < -0.3 is 29.3 Å². The maximum Gasteiger partial charge on any atom is 0.515 e. The molecule has 4 aliphatic rings. The third-order valence-electron chi connectivity index (χ3n) is 7.31. The van der Waals surface area contributed by atoms with Gasteiger partial charge in [0.25, 0.3) is 0 Å². The molecule has 3 amide bonds. The number of piperidine rings is 1. The van der Waals surface area contributed by atoms with Crippen LogP contribution >= 0.6 is 69.6 Å². The van der Waals surface area contributed by atoms with Crippen molar-refractivity contribution in [2.45, 2.75) is 45.8 Å². The number of morpholine rings is 1. The molecule has 41 heavy (non-hydrogen) atoms. The van der Waals surface area contributed by atoms with Crippen LogP contribution in [0.1, 0.15) is 24.8 Å². The Kier molecular flexibility index (Phi) is 10.2. The zero-order valence-electron chi connectivity index (χ0n) is 21.2. The van der Waals surface area contributed by atoms with Gasteiger partial charge >= 0.3 is 20.1 Å². The first-order chi connectivity index (χ1) is 19.0. The number of hydrogen-bond donors (Lipinski definition) is 1. The molecular formula is C24H25Cl6F2N3O6. The van der Waals surface area contributed by atoms with Crippen LogP contribution in [0.4, 0.5) is 18.4 Å². The van der Waals surface area contributed by atoms with E-state index in [1.807, 2.05) is 4.90 Å². The molecule has 1 aromatic carbocycles. The number of amides is 3. The Morgan fingerprint density at radius 3 is 2.17 bits per heavy atom. The van der Waals surface area contributed by atoms with E-state index in [4.69, 9.17) is 74.3 Å². The van der Waals surface area contributed by atoms with E-state index in [1.165, 1.54) is 18.2 Å². The molecule has 0 unspecified atom stereocenters. The molecule has 3 aliphatic heterocycles. The molecule has 3 heterocycles. The summed E-state index contributed by atoms with van der Waals surface area (Å²) in [6.07, 6.45) is 1.54. The second kappa shape index (κ2) is 12.8. The molecule has 17 heteroatoms. The van der Waals surface area contributed by atoms with E-state index in [0.717, 1.165) is 19.3 Å². The van der Waals surface area contributed by atoms with Gasteiger partial charge in [0.1, 0.15) is 18.2 Å². The molecule has 1 aliphatic carbocycles. The molecule has 0 aromatic heterocycles. The largest absolute Gasteiger partial charge is 0.515 e. The SMILES string of the molecule is O=C(OC(Cl)(Cl)Cl)OC(Cl)(Cl)Cl.O=C1CO[C@H]2CCN(C(=O)N3CC4(CC(Cc5c(F)cccc5F)C4)C3)C[C@H]2N1. The number of ether oxygens (including phenoxy) is 3. The van der Waals surface area contributed by atoms with Crippen molar-refractivity contribution >= 4 is 87.7 Å². The lowest BCUT2D eigenvalue weighted by molar-refractivity contribution is -0.140. The zero-order chi connectivity index (χ0) is 30.2. The molecule has 1 spiro atoms. The second-order valence-corrected chi connectivity index (χ2v) is 14.8. The van der Waals surface area contributed by atoms with E-state index in [-0.39, 0.29) is 47.6 Å². The Labute approximate surface area is 264 Å². The fourth-order valence-corrected chi connectivity index (χ4v) is 6.14. The number of carbonyl (C=O) groups is 3. The summed E-state index contributed by atoms with van der Waals surface area (Å²) < 4.78 is 36.7. The van der Waals surface area contributed by atoms with E-state index >= 15 is 0 Å². The van der Waals surface area contributed by atoms with Crippen LogP contribution in [0.3, 0.4) is 0 Å². The van der Waals surface area contributed by atoms with E-state index in [0.29, 0.717) is 32.6 Å². The van der Waals surface area contributed by atoms with Crippen molar-refractivity contribution in [1.29, 1.82) is 0 Å². The van der Waals surface area contributed by atoms with Gasteiger partial charge in [-0.05, 0) is 113 Å². The third-order valence-corrected chi connectivity index (χ3v) is 7.78. The molecule has 0 bridgehead atoms. The zero-order valence-corrected chi connectivity index (χ0v) is 25.7. The summed E-state index contributed by atoms with van der Waals surface area (Å²) in [5, 5.41) is 2.92. The second-order valence-electron chi connectivity index (χ2n) is 10.4. The molecule has 1 N–H and O–H groups in total. The number of nitrogens with zero attached hydrogens (tertiary/aromatic N) is 2. The van der Waals surface area contributed by atoms with E-state index in [1.54, 1.807) is 4.90 Å². The number of alkyl halides is 6. The summed E-state index contributed by atoms with van der Waals surface area (Å²) in [5.41, 5.74) is 0.293. The molecule has 3 saturated heterocycles. The van der Waals surface area contributed by atoms with Crippen molar-refractivity contribution in [3.63, 3.8) is 0 Å². The van der Waals surface area contributed by atoms with Crippen molar-refractivity contribution in [2.24, 2.45) is 11.3 Å². The number of carbonyl (C=O) groups excluding carboxylic acids is 3. The minimum atomic E-state index is -2.24. The van der Waals surface area contributed by atoms with Crippen LogP contribution in [-0.4, -0.2) is 80.8 Å². The van der Waals surface area contributed by atoms with Crippen LogP contribution in [0.15, 0.2) is 18.2 Å². The third kappa shape index (κ3) is 8.90. The van der Waals surface area contributed by atoms with Gasteiger partial charge in [-0.2, -0.15) is 0 Å². The number of benzene rings is 1. The molecule has 228 valence electrons. The van der Waals surface area contributed by atoms with E-state index in [2.05, 4.69) is 14.8 Å². The topological polar surface area (TPSA) is 97.4 Å². The first-order valence-corrected chi connectivity index (χ1v) is 14.7. The molecular weight excluding hydrogens is 677 g/mol. The highest BCUT2D eigenvalue weighted by Gasteiger charge is 2.54. The fourth-order valence-electron chi connectivity index (χ4n) is 5.77. The molecule has 9 nitrogen and oxygen atoms in total. The summed E-state index contributed by atoms with van der Waals surface area (Å²) in [6, 6.07) is 3.88. The summed E-state index contributed by atoms with van der Waals surface area (Å²) in [4.78, 5) is 38.5. The first kappa shape index (κ1) is 32.7. The predicted molar refractivity (Wildman–Crippen MR) is 148 cm³/mol. The molecule has 0 radical (unpaired) electrons. The summed E-state index contributed by atoms with van der Waals surface area (Å²) in [7, 11) is 0. The maximum atomic E-state index is 13.8. The summed E-state index contributed by atoms with van der Waals surface area (Å²) >= 11 is 30.2. The highest BCUT2D eigenvalue weighted by molar-refractivity contribution is 6.67. The minimum Gasteiger partial charge on any atom is -0.382 e. The molecule has 2 atom stereocenters. The van der Waals surface area contributed by atoms with Gasteiger partial charge in [0.2, 0.25) is 5.91 Å². The average Bonchev–Trinajstić information content (AvgIpc) is 2.78. The monoisotopic (exact) mass is 699 g/mol. The van der Waals surface area contributed by atoms with Crippen LogP contribution in [0, 0.1) is 23.0 Å². The Bertz CT molecular complexity index is 1120. The first-order valence-electron chi connectivity index (χ1n) is 12.5. The smallest absolute Gasteiger partial charge is 0.382 e. The van der Waals surface area contributed by atoms with Crippen LogP contribution < -0.4 is 5.32 Å². The van der Waals surface area contributed by atoms with Crippen molar-refractivity contribution in [1.82, 2.24) is 15.1 Å². The summed E-state index contributed by atoms with van der Waals surface area (Å²) in [5.74, 6) is -0.809. The Morgan fingerprint density at radius 1 is 1.02 bits per heavy atom. The molecule has 1 aromatic rings. The minimum absolute atomic E-state index is 0.00866. The molecule has 5 rings (SSSR count). The van der Waals surface area contributed by atoms with Gasteiger partial charge in [-0.15, -0.1) is 0 Å². The number of nitrogens with one attached hydrogen (secondary N) is 1. The predicted octanol–water partition coefficient (Wildman–Crippen LogP) is 5.72.